The average Bonchev–Trinajstić information content (AvgIpc) is 2.39. The summed E-state index contributed by atoms with van der Waals surface area (Å²) in [6, 6.07) is 0. The predicted molar refractivity (Wildman–Crippen MR) is 81.4 cm³/mol. The number of phosphoric ester groups is 1. The van der Waals surface area contributed by atoms with Gasteiger partial charge in [0.05, 0.1) is 27.7 Å². The van der Waals surface area contributed by atoms with Crippen molar-refractivity contribution < 1.29 is 42.1 Å². The van der Waals surface area contributed by atoms with Crippen LogP contribution in [0.4, 0.5) is 0 Å². The molecule has 0 saturated carbocycles. The lowest BCUT2D eigenvalue weighted by Crippen LogP contribution is -2.37. The largest absolute Gasteiger partial charge is 0.472 e. The molecule has 10 heteroatoms. The van der Waals surface area contributed by atoms with Gasteiger partial charge in [-0.15, -0.1) is 0 Å². The van der Waals surface area contributed by atoms with Gasteiger partial charge >= 0.3 is 19.8 Å². The van der Waals surface area contributed by atoms with Gasteiger partial charge in [-0.25, -0.2) is 4.57 Å². The highest BCUT2D eigenvalue weighted by molar-refractivity contribution is 7.47. The lowest BCUT2D eigenvalue weighted by atomic mass is 10.4. The van der Waals surface area contributed by atoms with E-state index in [0.29, 0.717) is 11.0 Å². The predicted octanol–water partition coefficient (Wildman–Crippen LogP) is 0.711. The first-order valence-electron chi connectivity index (χ1n) is 7.20. The van der Waals surface area contributed by atoms with Gasteiger partial charge in [-0.05, 0) is 0 Å². The number of quaternary nitrogens is 1. The fraction of sp³-hybridized carbons (Fsp3) is 0.846. The van der Waals surface area contributed by atoms with Gasteiger partial charge < -0.3 is 18.9 Å². The molecule has 0 aliphatic heterocycles. The van der Waals surface area contributed by atoms with E-state index in [9.17, 15) is 19.0 Å². The monoisotopic (exact) mass is 356 g/mol. The van der Waals surface area contributed by atoms with Crippen molar-refractivity contribution in [1.29, 1.82) is 0 Å². The van der Waals surface area contributed by atoms with Gasteiger partial charge in [-0.1, -0.05) is 6.92 Å². The van der Waals surface area contributed by atoms with E-state index in [1.807, 2.05) is 21.1 Å². The molecule has 2 atom stereocenters. The highest BCUT2D eigenvalue weighted by Crippen LogP contribution is 2.43. The third-order valence-electron chi connectivity index (χ3n) is 2.50. The molecule has 1 N–H and O–H groups in total. The van der Waals surface area contributed by atoms with Gasteiger partial charge in [-0.2, -0.15) is 0 Å². The molecule has 0 aromatic carbocycles. The molecule has 0 fully saturated rings. The summed E-state index contributed by atoms with van der Waals surface area (Å²) in [6.45, 7) is 2.65. The lowest BCUT2D eigenvalue weighted by molar-refractivity contribution is -0.870. The first-order chi connectivity index (χ1) is 10.4. The van der Waals surface area contributed by atoms with E-state index in [2.05, 4.69) is 0 Å². The SMILES string of the molecule is CCC(=O)OC(COC(C)=O)COP(=O)(O)OCC[N+](C)(C)C. The third kappa shape index (κ3) is 13.2. The summed E-state index contributed by atoms with van der Waals surface area (Å²) in [5.74, 6) is -1.10. The van der Waals surface area contributed by atoms with E-state index in [1.165, 1.54) is 6.92 Å². The zero-order chi connectivity index (χ0) is 18.1. The molecule has 0 amide bonds. The second-order valence-corrected chi connectivity index (χ2v) is 7.33. The Kier molecular flexibility index (Phi) is 9.57. The molecule has 0 spiro atoms. The second kappa shape index (κ2) is 10.00. The van der Waals surface area contributed by atoms with Gasteiger partial charge in [0.25, 0.3) is 0 Å². The molecule has 0 aromatic rings. The van der Waals surface area contributed by atoms with Gasteiger partial charge in [0, 0.05) is 13.3 Å². The van der Waals surface area contributed by atoms with Crippen LogP contribution in [0, 0.1) is 0 Å². The standard InChI is InChI=1S/C13H26NO8P/c1-6-13(16)22-12(9-19-11(2)15)10-21-23(17,18)20-8-7-14(3,4)5/h12H,6-10H2,1-5H3/p+1. The maximum atomic E-state index is 11.8. The minimum atomic E-state index is -4.27. The molecule has 0 heterocycles. The Morgan fingerprint density at radius 1 is 1.17 bits per heavy atom. The van der Waals surface area contributed by atoms with Crippen molar-refractivity contribution in [3.8, 4) is 0 Å². The summed E-state index contributed by atoms with van der Waals surface area (Å²) < 4.78 is 31.6. The van der Waals surface area contributed by atoms with Crippen LogP contribution in [-0.4, -0.2) is 74.9 Å². The average molecular weight is 356 g/mol. The molecule has 0 aromatic heterocycles. The number of nitrogens with zero attached hydrogens (tertiary/aromatic N) is 1. The maximum absolute atomic E-state index is 11.8. The first-order valence-corrected chi connectivity index (χ1v) is 8.70. The summed E-state index contributed by atoms with van der Waals surface area (Å²) in [4.78, 5) is 31.7. The Bertz CT molecular complexity index is 434. The molecular formula is C13H27NO8P+. The van der Waals surface area contributed by atoms with Crippen molar-refractivity contribution in [1.82, 2.24) is 0 Å². The second-order valence-electron chi connectivity index (χ2n) is 5.88. The van der Waals surface area contributed by atoms with Crippen molar-refractivity contribution >= 4 is 19.8 Å². The smallest absolute Gasteiger partial charge is 0.462 e. The van der Waals surface area contributed by atoms with Crippen LogP contribution < -0.4 is 0 Å². The normalized spacial score (nSPS) is 15.6. The summed E-state index contributed by atoms with van der Waals surface area (Å²) in [7, 11) is 1.45. The number of carbonyl (C=O) groups excluding carboxylic acids is 2. The highest BCUT2D eigenvalue weighted by Gasteiger charge is 2.26. The number of ether oxygens (including phenoxy) is 2. The number of hydrogen-bond donors (Lipinski definition) is 1. The van der Waals surface area contributed by atoms with Gasteiger partial charge in [0.1, 0.15) is 19.8 Å². The first kappa shape index (κ1) is 22.0. The maximum Gasteiger partial charge on any atom is 0.472 e. The number of esters is 2. The third-order valence-corrected chi connectivity index (χ3v) is 3.48. The zero-order valence-electron chi connectivity index (χ0n) is 14.3. The number of likely N-dealkylation sites (N-methyl/N-ethyl adjacent to an activating group) is 1. The van der Waals surface area contributed by atoms with Crippen LogP contribution in [0.25, 0.3) is 0 Å². The zero-order valence-corrected chi connectivity index (χ0v) is 15.2. The minimum absolute atomic E-state index is 0.0284. The van der Waals surface area contributed by atoms with Crippen molar-refractivity contribution in [3.63, 3.8) is 0 Å². The number of carbonyl (C=O) groups is 2. The summed E-state index contributed by atoms with van der Waals surface area (Å²) in [5.41, 5.74) is 0. The van der Waals surface area contributed by atoms with Crippen molar-refractivity contribution in [3.05, 3.63) is 0 Å². The Morgan fingerprint density at radius 2 is 1.78 bits per heavy atom. The fourth-order valence-electron chi connectivity index (χ4n) is 1.24. The van der Waals surface area contributed by atoms with E-state index in [0.717, 1.165) is 0 Å². The molecule has 23 heavy (non-hydrogen) atoms. The molecule has 2 unspecified atom stereocenters. The molecule has 0 radical (unpaired) electrons. The Balaban J connectivity index is 4.41. The minimum Gasteiger partial charge on any atom is -0.462 e. The van der Waals surface area contributed by atoms with E-state index in [-0.39, 0.29) is 19.6 Å². The Labute approximate surface area is 136 Å². The number of hydrogen-bond acceptors (Lipinski definition) is 7. The number of rotatable bonds is 11. The van der Waals surface area contributed by atoms with E-state index >= 15 is 0 Å². The summed E-state index contributed by atoms with van der Waals surface area (Å²) in [6.07, 6.45) is -0.860. The Hall–Kier alpha value is -0.990. The molecule has 136 valence electrons. The van der Waals surface area contributed by atoms with Crippen LogP contribution in [0.3, 0.4) is 0 Å². The number of phosphoric acid groups is 1. The quantitative estimate of drug-likeness (QED) is 0.328. The van der Waals surface area contributed by atoms with Crippen molar-refractivity contribution in [2.45, 2.75) is 26.4 Å². The lowest BCUT2D eigenvalue weighted by Gasteiger charge is -2.24. The summed E-state index contributed by atoms with van der Waals surface area (Å²) >= 11 is 0. The van der Waals surface area contributed by atoms with Crippen LogP contribution >= 0.6 is 7.82 Å². The van der Waals surface area contributed by atoms with Crippen LogP contribution in [-0.2, 0) is 32.7 Å². The van der Waals surface area contributed by atoms with Crippen molar-refractivity contribution in [2.24, 2.45) is 0 Å². The fourth-order valence-corrected chi connectivity index (χ4v) is 1.98. The van der Waals surface area contributed by atoms with Gasteiger partial charge in [-0.3, -0.25) is 18.6 Å². The van der Waals surface area contributed by atoms with Crippen LogP contribution in [0.2, 0.25) is 0 Å². The van der Waals surface area contributed by atoms with Crippen LogP contribution in [0.15, 0.2) is 0 Å². The van der Waals surface area contributed by atoms with Crippen molar-refractivity contribution in [2.75, 3.05) is 47.5 Å². The molecule has 0 bridgehead atoms. The van der Waals surface area contributed by atoms with Crippen LogP contribution in [0.5, 0.6) is 0 Å². The Morgan fingerprint density at radius 3 is 2.26 bits per heavy atom. The molecule has 0 aliphatic rings. The topological polar surface area (TPSA) is 108 Å². The molecule has 0 aliphatic carbocycles. The van der Waals surface area contributed by atoms with Gasteiger partial charge in [0.15, 0.2) is 6.10 Å². The van der Waals surface area contributed by atoms with Crippen LogP contribution in [0.1, 0.15) is 20.3 Å². The molecule has 0 saturated heterocycles. The highest BCUT2D eigenvalue weighted by atomic mass is 31.2. The molecular weight excluding hydrogens is 329 g/mol. The van der Waals surface area contributed by atoms with Gasteiger partial charge in [0.2, 0.25) is 0 Å². The van der Waals surface area contributed by atoms with E-state index in [4.69, 9.17) is 18.5 Å². The summed E-state index contributed by atoms with van der Waals surface area (Å²) in [5, 5.41) is 0. The van der Waals surface area contributed by atoms with E-state index in [1.54, 1.807) is 6.92 Å². The van der Waals surface area contributed by atoms with E-state index < -0.39 is 32.5 Å². The molecule has 0 rings (SSSR count). The molecule has 9 nitrogen and oxygen atoms in total.